The molecule has 0 fully saturated rings. The highest BCUT2D eigenvalue weighted by molar-refractivity contribution is 7.92. The molecule has 4 rings (SSSR count). The zero-order valence-corrected chi connectivity index (χ0v) is 18.4. The van der Waals surface area contributed by atoms with Crippen LogP contribution in [-0.4, -0.2) is 26.2 Å². The lowest BCUT2D eigenvalue weighted by Gasteiger charge is -2.09. The molecule has 0 unspecified atom stereocenters. The van der Waals surface area contributed by atoms with Gasteiger partial charge in [-0.15, -0.1) is 0 Å². The first kappa shape index (κ1) is 21.7. The van der Waals surface area contributed by atoms with Crippen LogP contribution in [0.5, 0.6) is 0 Å². The summed E-state index contributed by atoms with van der Waals surface area (Å²) in [5, 5.41) is 7.97. The van der Waals surface area contributed by atoms with Crippen LogP contribution >= 0.6 is 0 Å². The maximum atomic E-state index is 13.2. The fourth-order valence-electron chi connectivity index (χ4n) is 3.52. The van der Waals surface area contributed by atoms with Gasteiger partial charge in [-0.2, -0.15) is 5.10 Å². The minimum Gasteiger partial charge on any atom is -0.326 e. The predicted octanol–water partition coefficient (Wildman–Crippen LogP) is 4.83. The molecule has 2 N–H and O–H groups in total. The van der Waals surface area contributed by atoms with Crippen molar-refractivity contribution in [1.82, 2.24) is 9.78 Å². The Kier molecular flexibility index (Phi) is 6.05. The van der Waals surface area contributed by atoms with Crippen molar-refractivity contribution in [3.8, 4) is 0 Å². The largest absolute Gasteiger partial charge is 0.326 e. The fraction of sp³-hybridized carbons (Fsp3) is 0.167. The smallest absolute Gasteiger partial charge is 0.224 e. The molecule has 0 spiro atoms. The Hall–Kier alpha value is -3.52. The third-order valence-corrected chi connectivity index (χ3v) is 6.26. The highest BCUT2D eigenvalue weighted by Crippen LogP contribution is 2.28. The Morgan fingerprint density at radius 3 is 2.50 bits per heavy atom. The topological polar surface area (TPSA) is 87.8 Å². The number of amides is 1. The fourth-order valence-corrected chi connectivity index (χ4v) is 4.45. The lowest BCUT2D eigenvalue weighted by Crippen LogP contribution is -2.13. The molecular weight excluding hydrogens is 427 g/mol. The van der Waals surface area contributed by atoms with Crippen LogP contribution in [-0.2, 0) is 27.5 Å². The number of benzene rings is 3. The van der Waals surface area contributed by atoms with E-state index in [2.05, 4.69) is 10.4 Å². The van der Waals surface area contributed by atoms with Gasteiger partial charge in [0.2, 0.25) is 5.91 Å². The van der Waals surface area contributed by atoms with Crippen molar-refractivity contribution >= 4 is 32.2 Å². The number of anilines is 1. The molecule has 0 radical (unpaired) electrons. The second kappa shape index (κ2) is 8.92. The van der Waals surface area contributed by atoms with Gasteiger partial charge in [0.25, 0.3) is 0 Å². The molecule has 4 aromatic rings. The first-order chi connectivity index (χ1) is 15.3. The van der Waals surface area contributed by atoms with E-state index in [4.69, 9.17) is 4.78 Å². The maximum absolute atomic E-state index is 13.2. The zero-order chi connectivity index (χ0) is 22.7. The van der Waals surface area contributed by atoms with E-state index >= 15 is 0 Å². The molecule has 1 atom stereocenters. The van der Waals surface area contributed by atoms with Gasteiger partial charge in [0.1, 0.15) is 5.82 Å². The SMILES string of the molecule is C[S@](=N)(=O)c1cc(NC(=O)CCc2ccccc2)cc2nn(Cc3ccc(F)cc3)cc12. The number of fused-ring (bicyclic) bond motifs is 1. The number of nitrogens with one attached hydrogen (secondary N) is 2. The monoisotopic (exact) mass is 450 g/mol. The van der Waals surface area contributed by atoms with Crippen molar-refractivity contribution in [2.75, 3.05) is 11.6 Å². The third kappa shape index (κ3) is 5.20. The molecule has 0 saturated carbocycles. The quantitative estimate of drug-likeness (QED) is 0.423. The van der Waals surface area contributed by atoms with Crippen molar-refractivity contribution in [1.29, 1.82) is 4.78 Å². The molecule has 1 heterocycles. The normalized spacial score (nSPS) is 13.1. The number of nitrogens with zero attached hydrogens (tertiary/aromatic N) is 2. The van der Waals surface area contributed by atoms with Crippen LogP contribution in [0.25, 0.3) is 10.9 Å². The van der Waals surface area contributed by atoms with Crippen molar-refractivity contribution in [2.45, 2.75) is 24.3 Å². The summed E-state index contributed by atoms with van der Waals surface area (Å²) in [7, 11) is -3.06. The second-order valence-electron chi connectivity index (χ2n) is 7.74. The van der Waals surface area contributed by atoms with E-state index in [0.717, 1.165) is 11.1 Å². The second-order valence-corrected chi connectivity index (χ2v) is 9.86. The van der Waals surface area contributed by atoms with Gasteiger partial charge in [-0.05, 0) is 41.8 Å². The van der Waals surface area contributed by atoms with Crippen LogP contribution in [0.2, 0.25) is 0 Å². The van der Waals surface area contributed by atoms with Gasteiger partial charge >= 0.3 is 0 Å². The average molecular weight is 451 g/mol. The van der Waals surface area contributed by atoms with Crippen LogP contribution in [0, 0.1) is 10.6 Å². The highest BCUT2D eigenvalue weighted by atomic mass is 32.2. The van der Waals surface area contributed by atoms with Gasteiger partial charge in [-0.3, -0.25) is 9.48 Å². The molecule has 0 bridgehead atoms. The molecule has 8 heteroatoms. The first-order valence-electron chi connectivity index (χ1n) is 10.1. The van der Waals surface area contributed by atoms with Gasteiger partial charge in [-0.1, -0.05) is 42.5 Å². The Balaban J connectivity index is 1.59. The number of hydrogen-bond donors (Lipinski definition) is 2. The summed E-state index contributed by atoms with van der Waals surface area (Å²) in [6.45, 7) is 0.399. The number of rotatable bonds is 7. The molecule has 0 aliphatic carbocycles. The van der Waals surface area contributed by atoms with Gasteiger partial charge in [0.05, 0.1) is 26.7 Å². The molecule has 164 valence electrons. The van der Waals surface area contributed by atoms with Crippen LogP contribution in [0.4, 0.5) is 10.1 Å². The van der Waals surface area contributed by atoms with Gasteiger partial charge < -0.3 is 5.32 Å². The first-order valence-corrected chi connectivity index (χ1v) is 12.1. The van der Waals surface area contributed by atoms with E-state index in [9.17, 15) is 13.4 Å². The molecular formula is C24H23FN4O2S. The number of hydrogen-bond acceptors (Lipinski definition) is 4. The van der Waals surface area contributed by atoms with Gasteiger partial charge in [0.15, 0.2) is 0 Å². The predicted molar refractivity (Wildman–Crippen MR) is 124 cm³/mol. The minimum atomic E-state index is -3.06. The van der Waals surface area contributed by atoms with E-state index in [0.29, 0.717) is 40.9 Å². The minimum absolute atomic E-state index is 0.169. The zero-order valence-electron chi connectivity index (χ0n) is 17.5. The summed E-state index contributed by atoms with van der Waals surface area (Å²) < 4.78 is 35.6. The Bertz CT molecular complexity index is 1360. The summed E-state index contributed by atoms with van der Waals surface area (Å²) in [6.07, 6.45) is 3.99. The molecule has 1 amide bonds. The standard InChI is InChI=1S/C24H23FN4O2S/c1-32(26,31)23-14-20(27-24(30)12-9-17-5-3-2-4-6-17)13-22-21(23)16-29(28-22)15-18-7-10-19(25)11-8-18/h2-8,10-11,13-14,16,26H,9,12,15H2,1H3,(H,27,30)/t32-/m0/s1. The summed E-state index contributed by atoms with van der Waals surface area (Å²) in [5.74, 6) is -0.480. The molecule has 0 aliphatic rings. The number of aromatic nitrogens is 2. The van der Waals surface area contributed by atoms with Crippen molar-refractivity contribution in [2.24, 2.45) is 0 Å². The number of aryl methyl sites for hydroxylation is 1. The Morgan fingerprint density at radius 1 is 1.09 bits per heavy atom. The van der Waals surface area contributed by atoms with Crippen LogP contribution in [0.3, 0.4) is 0 Å². The molecule has 6 nitrogen and oxygen atoms in total. The Labute approximate surface area is 186 Å². The number of carbonyl (C=O) groups is 1. The molecule has 0 aliphatic heterocycles. The number of carbonyl (C=O) groups excluding carboxylic acids is 1. The van der Waals surface area contributed by atoms with E-state index < -0.39 is 9.73 Å². The average Bonchev–Trinajstić information content (AvgIpc) is 3.15. The van der Waals surface area contributed by atoms with Crippen LogP contribution in [0.15, 0.2) is 77.8 Å². The van der Waals surface area contributed by atoms with E-state index in [-0.39, 0.29) is 11.7 Å². The molecule has 0 saturated heterocycles. The van der Waals surface area contributed by atoms with E-state index in [1.807, 2.05) is 30.3 Å². The molecule has 32 heavy (non-hydrogen) atoms. The summed E-state index contributed by atoms with van der Waals surface area (Å²) in [6, 6.07) is 19.2. The summed E-state index contributed by atoms with van der Waals surface area (Å²) in [5.41, 5.74) is 2.92. The lowest BCUT2D eigenvalue weighted by molar-refractivity contribution is -0.116. The number of halogens is 1. The Morgan fingerprint density at radius 2 is 1.81 bits per heavy atom. The van der Waals surface area contributed by atoms with Crippen molar-refractivity contribution in [3.05, 3.63) is 89.9 Å². The van der Waals surface area contributed by atoms with E-state index in [1.54, 1.807) is 35.1 Å². The maximum Gasteiger partial charge on any atom is 0.224 e. The highest BCUT2D eigenvalue weighted by Gasteiger charge is 2.16. The van der Waals surface area contributed by atoms with E-state index in [1.165, 1.54) is 18.4 Å². The van der Waals surface area contributed by atoms with Crippen LogP contribution < -0.4 is 5.32 Å². The van der Waals surface area contributed by atoms with Crippen molar-refractivity contribution in [3.63, 3.8) is 0 Å². The van der Waals surface area contributed by atoms with Gasteiger partial charge in [0, 0.05) is 29.9 Å². The molecule has 3 aromatic carbocycles. The van der Waals surface area contributed by atoms with Crippen molar-refractivity contribution < 1.29 is 13.4 Å². The summed E-state index contributed by atoms with van der Waals surface area (Å²) >= 11 is 0. The third-order valence-electron chi connectivity index (χ3n) is 5.08. The molecule has 1 aromatic heterocycles. The van der Waals surface area contributed by atoms with Crippen LogP contribution in [0.1, 0.15) is 17.5 Å². The lowest BCUT2D eigenvalue weighted by atomic mass is 10.1. The summed E-state index contributed by atoms with van der Waals surface area (Å²) in [4.78, 5) is 12.8. The van der Waals surface area contributed by atoms with Gasteiger partial charge in [-0.25, -0.2) is 13.4 Å².